The lowest BCUT2D eigenvalue weighted by Gasteiger charge is -2.57. The Morgan fingerprint density at radius 1 is 1.22 bits per heavy atom. The number of urea groups is 1. The molecule has 8 heteroatoms. The van der Waals surface area contributed by atoms with Gasteiger partial charge in [-0.15, -0.1) is 24.0 Å². The molecule has 0 bridgehead atoms. The van der Waals surface area contributed by atoms with Crippen LogP contribution in [-0.4, -0.2) is 61.3 Å². The molecular weight excluding hydrogens is 457 g/mol. The van der Waals surface area contributed by atoms with E-state index in [1.54, 1.807) is 4.90 Å². The van der Waals surface area contributed by atoms with Gasteiger partial charge < -0.3 is 26.0 Å². The zero-order valence-electron chi connectivity index (χ0n) is 16.3. The SMILES string of the molecule is CCN=C(NC1CCN(C(N)=O)CC1)NC1C2CCOC2C12CCCC2.I. The van der Waals surface area contributed by atoms with Crippen molar-refractivity contribution in [3.63, 3.8) is 0 Å². The van der Waals surface area contributed by atoms with Gasteiger partial charge in [-0.3, -0.25) is 4.99 Å². The van der Waals surface area contributed by atoms with Gasteiger partial charge in [0.2, 0.25) is 0 Å². The second kappa shape index (κ2) is 8.71. The Bertz CT molecular complexity index is 558. The fraction of sp³-hybridized carbons (Fsp3) is 0.895. The van der Waals surface area contributed by atoms with Crippen molar-refractivity contribution < 1.29 is 9.53 Å². The van der Waals surface area contributed by atoms with Gasteiger partial charge in [0.05, 0.1) is 6.10 Å². The number of rotatable bonds is 3. The van der Waals surface area contributed by atoms with Crippen LogP contribution in [-0.2, 0) is 4.74 Å². The van der Waals surface area contributed by atoms with Crippen molar-refractivity contribution in [1.29, 1.82) is 0 Å². The molecular formula is C19H34IN5O2. The number of nitrogens with two attached hydrogens (primary N) is 1. The van der Waals surface area contributed by atoms with Crippen molar-refractivity contribution in [2.24, 2.45) is 22.1 Å². The standard InChI is InChI=1S/C19H33N5O2.HI/c1-2-21-18(22-13-5-10-24(11-6-13)17(20)25)23-15-14-7-12-26-16(14)19(15)8-3-4-9-19;/h13-16H,2-12H2,1H3,(H2,20,25)(H2,21,22,23);1H. The van der Waals surface area contributed by atoms with Crippen molar-refractivity contribution in [3.05, 3.63) is 0 Å². The summed E-state index contributed by atoms with van der Waals surface area (Å²) in [5.74, 6) is 1.57. The lowest BCUT2D eigenvalue weighted by Crippen LogP contribution is -2.69. The second-order valence-corrected chi connectivity index (χ2v) is 8.37. The van der Waals surface area contributed by atoms with Crippen LogP contribution in [0.5, 0.6) is 0 Å². The molecule has 154 valence electrons. The highest BCUT2D eigenvalue weighted by Gasteiger charge is 2.65. The Morgan fingerprint density at radius 2 is 1.93 bits per heavy atom. The molecule has 0 radical (unpaired) electrons. The first-order chi connectivity index (χ1) is 12.6. The minimum Gasteiger partial charge on any atom is -0.377 e. The number of primary amides is 1. The zero-order chi connectivity index (χ0) is 18.1. The van der Waals surface area contributed by atoms with E-state index in [0.717, 1.165) is 45.0 Å². The maximum atomic E-state index is 11.3. The van der Waals surface area contributed by atoms with Crippen molar-refractivity contribution in [2.45, 2.75) is 70.1 Å². The van der Waals surface area contributed by atoms with E-state index >= 15 is 0 Å². The van der Waals surface area contributed by atoms with Gasteiger partial charge in [-0.1, -0.05) is 12.8 Å². The average molecular weight is 491 g/mol. The molecule has 2 saturated heterocycles. The molecule has 27 heavy (non-hydrogen) atoms. The van der Waals surface area contributed by atoms with Crippen LogP contribution in [0.3, 0.4) is 0 Å². The van der Waals surface area contributed by atoms with Gasteiger partial charge in [-0.25, -0.2) is 4.79 Å². The number of aliphatic imine (C=N–C) groups is 1. The number of likely N-dealkylation sites (tertiary alicyclic amines) is 1. The number of ether oxygens (including phenoxy) is 1. The molecule has 2 saturated carbocycles. The van der Waals surface area contributed by atoms with Crippen molar-refractivity contribution >= 4 is 36.0 Å². The summed E-state index contributed by atoms with van der Waals surface area (Å²) in [4.78, 5) is 17.7. The number of nitrogens with one attached hydrogen (secondary N) is 2. The predicted octanol–water partition coefficient (Wildman–Crippen LogP) is 2.05. The van der Waals surface area contributed by atoms with E-state index in [0.29, 0.717) is 29.5 Å². The summed E-state index contributed by atoms with van der Waals surface area (Å²) < 4.78 is 6.10. The van der Waals surface area contributed by atoms with Gasteiger partial charge in [0.15, 0.2) is 5.96 Å². The quantitative estimate of drug-likeness (QED) is 0.320. The number of nitrogens with zero attached hydrogens (tertiary/aromatic N) is 2. The smallest absolute Gasteiger partial charge is 0.314 e. The van der Waals surface area contributed by atoms with Crippen LogP contribution in [0.25, 0.3) is 0 Å². The van der Waals surface area contributed by atoms with Gasteiger partial charge in [-0.2, -0.15) is 0 Å². The lowest BCUT2D eigenvalue weighted by molar-refractivity contribution is -0.125. The topological polar surface area (TPSA) is 92.0 Å². The zero-order valence-corrected chi connectivity index (χ0v) is 18.6. The third-order valence-corrected chi connectivity index (χ3v) is 7.04. The van der Waals surface area contributed by atoms with Gasteiger partial charge >= 0.3 is 6.03 Å². The molecule has 2 heterocycles. The maximum absolute atomic E-state index is 11.3. The minimum atomic E-state index is -0.311. The molecule has 0 aromatic rings. The molecule has 4 aliphatic rings. The number of amides is 2. The predicted molar refractivity (Wildman–Crippen MR) is 116 cm³/mol. The van der Waals surface area contributed by atoms with Crippen LogP contribution >= 0.6 is 24.0 Å². The fourth-order valence-electron chi connectivity index (χ4n) is 5.78. The van der Waals surface area contributed by atoms with Gasteiger partial charge in [0.25, 0.3) is 0 Å². The lowest BCUT2D eigenvalue weighted by atomic mass is 9.54. The summed E-state index contributed by atoms with van der Waals surface area (Å²) in [5.41, 5.74) is 5.71. The molecule has 4 rings (SSSR count). The summed E-state index contributed by atoms with van der Waals surface area (Å²) in [6.45, 7) is 5.19. The molecule has 2 aliphatic carbocycles. The number of fused-ring (bicyclic) bond motifs is 2. The first-order valence-corrected chi connectivity index (χ1v) is 10.4. The highest BCUT2D eigenvalue weighted by molar-refractivity contribution is 14.0. The van der Waals surface area contributed by atoms with Crippen LogP contribution in [0.15, 0.2) is 4.99 Å². The molecule has 7 nitrogen and oxygen atoms in total. The molecule has 1 spiro atoms. The Morgan fingerprint density at radius 3 is 2.56 bits per heavy atom. The Labute approximate surface area is 179 Å². The normalized spacial score (nSPS) is 32.6. The van der Waals surface area contributed by atoms with Gasteiger partial charge in [0.1, 0.15) is 0 Å². The van der Waals surface area contributed by atoms with Crippen molar-refractivity contribution in [2.75, 3.05) is 26.2 Å². The molecule has 3 atom stereocenters. The molecule has 0 aromatic carbocycles. The van der Waals surface area contributed by atoms with E-state index in [9.17, 15) is 4.79 Å². The van der Waals surface area contributed by atoms with E-state index < -0.39 is 0 Å². The number of carbonyl (C=O) groups is 1. The van der Waals surface area contributed by atoms with Crippen LogP contribution in [0.2, 0.25) is 0 Å². The fourth-order valence-corrected chi connectivity index (χ4v) is 5.78. The number of hydrogen-bond donors (Lipinski definition) is 3. The first kappa shape index (κ1) is 21.0. The monoisotopic (exact) mass is 491 g/mol. The Balaban J connectivity index is 0.00000210. The number of carbonyl (C=O) groups excluding carboxylic acids is 1. The third-order valence-electron chi connectivity index (χ3n) is 7.04. The van der Waals surface area contributed by atoms with E-state index in [1.165, 1.54) is 32.1 Å². The van der Waals surface area contributed by atoms with Crippen LogP contribution in [0, 0.1) is 11.3 Å². The number of piperidine rings is 1. The summed E-state index contributed by atoms with van der Waals surface area (Å²) in [7, 11) is 0. The number of halogens is 1. The number of hydrogen-bond acceptors (Lipinski definition) is 3. The molecule has 0 aromatic heterocycles. The minimum absolute atomic E-state index is 0. The van der Waals surface area contributed by atoms with Gasteiger partial charge in [0, 0.05) is 49.7 Å². The Hall–Kier alpha value is -0.770. The first-order valence-electron chi connectivity index (χ1n) is 10.4. The molecule has 4 N–H and O–H groups in total. The average Bonchev–Trinajstić information content (AvgIpc) is 3.29. The summed E-state index contributed by atoms with van der Waals surface area (Å²) in [5, 5.41) is 7.41. The number of guanidine groups is 1. The summed E-state index contributed by atoms with van der Waals surface area (Å²) >= 11 is 0. The van der Waals surface area contributed by atoms with E-state index in [-0.39, 0.29) is 30.0 Å². The third kappa shape index (κ3) is 3.88. The maximum Gasteiger partial charge on any atom is 0.314 e. The van der Waals surface area contributed by atoms with Crippen molar-refractivity contribution in [1.82, 2.24) is 15.5 Å². The van der Waals surface area contributed by atoms with Crippen molar-refractivity contribution in [3.8, 4) is 0 Å². The van der Waals surface area contributed by atoms with Crippen LogP contribution in [0.1, 0.15) is 51.9 Å². The second-order valence-electron chi connectivity index (χ2n) is 8.37. The molecule has 3 unspecified atom stereocenters. The molecule has 4 fully saturated rings. The largest absolute Gasteiger partial charge is 0.377 e. The van der Waals surface area contributed by atoms with Crippen LogP contribution < -0.4 is 16.4 Å². The summed E-state index contributed by atoms with van der Waals surface area (Å²) in [6.07, 6.45) is 8.67. The highest BCUT2D eigenvalue weighted by Crippen LogP contribution is 2.60. The van der Waals surface area contributed by atoms with Crippen LogP contribution in [0.4, 0.5) is 4.79 Å². The van der Waals surface area contributed by atoms with Gasteiger partial charge in [-0.05, 0) is 39.0 Å². The molecule has 2 aliphatic heterocycles. The Kier molecular flexibility index (Phi) is 6.76. The highest BCUT2D eigenvalue weighted by atomic mass is 127. The van der Waals surface area contributed by atoms with E-state index in [2.05, 4.69) is 17.6 Å². The van der Waals surface area contributed by atoms with E-state index in [4.69, 9.17) is 15.5 Å². The summed E-state index contributed by atoms with van der Waals surface area (Å²) in [6, 6.07) is 0.522. The molecule has 2 amide bonds. The van der Waals surface area contributed by atoms with E-state index in [1.807, 2.05) is 0 Å².